The molecule has 0 radical (unpaired) electrons. The molecule has 1 aromatic rings. The van der Waals surface area contributed by atoms with Crippen LogP contribution in [0.1, 0.15) is 17.5 Å². The molecule has 0 saturated carbocycles. The molecule has 1 heterocycles. The van der Waals surface area contributed by atoms with Crippen molar-refractivity contribution in [2.45, 2.75) is 19.4 Å². The minimum absolute atomic E-state index is 0.853. The summed E-state index contributed by atoms with van der Waals surface area (Å²) in [7, 11) is 1.89. The van der Waals surface area contributed by atoms with E-state index in [-0.39, 0.29) is 0 Å². The Hall–Kier alpha value is -1.09. The van der Waals surface area contributed by atoms with Crippen LogP contribution in [0.2, 0.25) is 0 Å². The monoisotopic (exact) mass is 220 g/mol. The Kier molecular flexibility index (Phi) is 3.21. The maximum Gasteiger partial charge on any atom is 0.168 e. The third-order valence-electron chi connectivity index (χ3n) is 2.85. The first kappa shape index (κ1) is 10.4. The summed E-state index contributed by atoms with van der Waals surface area (Å²) >= 11 is 5.28. The van der Waals surface area contributed by atoms with Gasteiger partial charge in [-0.1, -0.05) is 24.3 Å². The van der Waals surface area contributed by atoms with Crippen molar-refractivity contribution >= 4 is 17.3 Å². The summed E-state index contributed by atoms with van der Waals surface area (Å²) in [5.74, 6) is 0. The van der Waals surface area contributed by atoms with E-state index in [0.29, 0.717) is 0 Å². The smallest absolute Gasteiger partial charge is 0.168 e. The standard InChI is InChI=1S/C12H16N2S/c1-13-12(15)14-8-4-7-10-5-2-3-6-11(10)9-14/h2-3,5-6H,4,7-9H2,1H3,(H,13,15). The van der Waals surface area contributed by atoms with E-state index in [1.54, 1.807) is 0 Å². The van der Waals surface area contributed by atoms with Gasteiger partial charge < -0.3 is 10.2 Å². The lowest BCUT2D eigenvalue weighted by Gasteiger charge is -2.23. The molecule has 15 heavy (non-hydrogen) atoms. The van der Waals surface area contributed by atoms with E-state index in [1.807, 2.05) is 7.05 Å². The molecule has 1 aliphatic rings. The highest BCUT2D eigenvalue weighted by Gasteiger charge is 2.14. The number of rotatable bonds is 0. The van der Waals surface area contributed by atoms with Gasteiger partial charge >= 0.3 is 0 Å². The van der Waals surface area contributed by atoms with Crippen LogP contribution in [0.25, 0.3) is 0 Å². The van der Waals surface area contributed by atoms with Crippen molar-refractivity contribution in [2.24, 2.45) is 0 Å². The first-order chi connectivity index (χ1) is 7.31. The fraction of sp³-hybridized carbons (Fsp3) is 0.417. The van der Waals surface area contributed by atoms with Crippen LogP contribution in [0.15, 0.2) is 24.3 Å². The summed E-state index contributed by atoms with van der Waals surface area (Å²) in [4.78, 5) is 2.24. The molecule has 0 spiro atoms. The number of nitrogens with zero attached hydrogens (tertiary/aromatic N) is 1. The van der Waals surface area contributed by atoms with Gasteiger partial charge in [0.2, 0.25) is 0 Å². The highest BCUT2D eigenvalue weighted by atomic mass is 32.1. The van der Waals surface area contributed by atoms with Gasteiger partial charge in [-0.3, -0.25) is 0 Å². The summed E-state index contributed by atoms with van der Waals surface area (Å²) < 4.78 is 0. The fourth-order valence-electron chi connectivity index (χ4n) is 2.03. The number of thiocarbonyl (C=S) groups is 1. The van der Waals surface area contributed by atoms with E-state index in [0.717, 1.165) is 18.2 Å². The Morgan fingerprint density at radius 2 is 2.07 bits per heavy atom. The highest BCUT2D eigenvalue weighted by Crippen LogP contribution is 2.18. The van der Waals surface area contributed by atoms with Gasteiger partial charge in [0.25, 0.3) is 0 Å². The minimum Gasteiger partial charge on any atom is -0.366 e. The molecule has 2 rings (SSSR count). The molecule has 1 N–H and O–H groups in total. The lowest BCUT2D eigenvalue weighted by Crippen LogP contribution is -2.37. The number of hydrogen-bond acceptors (Lipinski definition) is 1. The quantitative estimate of drug-likeness (QED) is 0.673. The zero-order chi connectivity index (χ0) is 10.7. The Bertz CT molecular complexity index is 362. The normalized spacial score (nSPS) is 15.4. The van der Waals surface area contributed by atoms with Crippen LogP contribution in [-0.2, 0) is 13.0 Å². The summed E-state index contributed by atoms with van der Waals surface area (Å²) in [6.45, 7) is 1.99. The predicted octanol–water partition coefficient (Wildman–Crippen LogP) is 1.94. The van der Waals surface area contributed by atoms with Gasteiger partial charge in [0.05, 0.1) is 0 Å². The van der Waals surface area contributed by atoms with Gasteiger partial charge in [0.15, 0.2) is 5.11 Å². The van der Waals surface area contributed by atoms with Gasteiger partial charge in [-0.2, -0.15) is 0 Å². The van der Waals surface area contributed by atoms with Crippen molar-refractivity contribution in [2.75, 3.05) is 13.6 Å². The molecule has 3 heteroatoms. The van der Waals surface area contributed by atoms with E-state index in [1.165, 1.54) is 24.0 Å². The Morgan fingerprint density at radius 3 is 2.80 bits per heavy atom. The van der Waals surface area contributed by atoms with Crippen molar-refractivity contribution < 1.29 is 0 Å². The number of hydrogen-bond donors (Lipinski definition) is 1. The highest BCUT2D eigenvalue weighted by molar-refractivity contribution is 7.80. The molecule has 1 aromatic carbocycles. The Labute approximate surface area is 96.3 Å². The third kappa shape index (κ3) is 2.29. The van der Waals surface area contributed by atoms with E-state index in [2.05, 4.69) is 34.5 Å². The van der Waals surface area contributed by atoms with Gasteiger partial charge in [-0.05, 0) is 36.2 Å². The molecular weight excluding hydrogens is 204 g/mol. The third-order valence-corrected chi connectivity index (χ3v) is 3.32. The lowest BCUT2D eigenvalue weighted by atomic mass is 10.0. The van der Waals surface area contributed by atoms with E-state index in [4.69, 9.17) is 12.2 Å². The second kappa shape index (κ2) is 4.62. The van der Waals surface area contributed by atoms with Gasteiger partial charge in [-0.15, -0.1) is 0 Å². The molecule has 0 bridgehead atoms. The van der Waals surface area contributed by atoms with Crippen LogP contribution in [0.5, 0.6) is 0 Å². The van der Waals surface area contributed by atoms with E-state index >= 15 is 0 Å². The zero-order valence-electron chi connectivity index (χ0n) is 8.99. The number of nitrogens with one attached hydrogen (secondary N) is 1. The Balaban J connectivity index is 2.21. The first-order valence-corrected chi connectivity index (χ1v) is 5.75. The van der Waals surface area contributed by atoms with Crippen LogP contribution in [-0.4, -0.2) is 23.6 Å². The molecule has 0 fully saturated rings. The van der Waals surface area contributed by atoms with E-state index < -0.39 is 0 Å². The van der Waals surface area contributed by atoms with Crippen LogP contribution in [0.3, 0.4) is 0 Å². The van der Waals surface area contributed by atoms with Gasteiger partial charge in [0.1, 0.15) is 0 Å². The molecule has 0 atom stereocenters. The van der Waals surface area contributed by atoms with Crippen LogP contribution < -0.4 is 5.32 Å². The average molecular weight is 220 g/mol. The SMILES string of the molecule is CNC(=S)N1CCCc2ccccc2C1. The van der Waals surface area contributed by atoms with Crippen molar-refractivity contribution in [3.8, 4) is 0 Å². The van der Waals surface area contributed by atoms with Crippen molar-refractivity contribution in [1.82, 2.24) is 10.2 Å². The summed E-state index contributed by atoms with van der Waals surface area (Å²) in [5.41, 5.74) is 2.88. The largest absolute Gasteiger partial charge is 0.366 e. The molecule has 0 aliphatic carbocycles. The van der Waals surface area contributed by atoms with Crippen LogP contribution in [0.4, 0.5) is 0 Å². The Morgan fingerprint density at radius 1 is 1.33 bits per heavy atom. The number of aryl methyl sites for hydroxylation is 1. The molecule has 0 unspecified atom stereocenters. The molecular formula is C12H16N2S. The summed E-state index contributed by atoms with van der Waals surface area (Å²) in [6, 6.07) is 8.64. The number of fused-ring (bicyclic) bond motifs is 1. The predicted molar refractivity (Wildman–Crippen MR) is 66.8 cm³/mol. The summed E-state index contributed by atoms with van der Waals surface area (Å²) in [5, 5.41) is 3.90. The van der Waals surface area contributed by atoms with Crippen molar-refractivity contribution in [3.05, 3.63) is 35.4 Å². The maximum absolute atomic E-state index is 5.28. The van der Waals surface area contributed by atoms with Gasteiger partial charge in [0, 0.05) is 20.1 Å². The maximum atomic E-state index is 5.28. The molecule has 0 aromatic heterocycles. The second-order valence-electron chi connectivity index (χ2n) is 3.85. The molecule has 0 amide bonds. The van der Waals surface area contributed by atoms with Crippen molar-refractivity contribution in [3.63, 3.8) is 0 Å². The molecule has 0 saturated heterocycles. The zero-order valence-corrected chi connectivity index (χ0v) is 9.81. The topological polar surface area (TPSA) is 15.3 Å². The van der Waals surface area contributed by atoms with E-state index in [9.17, 15) is 0 Å². The fourth-order valence-corrected chi connectivity index (χ4v) is 2.19. The average Bonchev–Trinajstić information content (AvgIpc) is 2.49. The van der Waals surface area contributed by atoms with Crippen LogP contribution >= 0.6 is 12.2 Å². The first-order valence-electron chi connectivity index (χ1n) is 5.34. The molecule has 2 nitrogen and oxygen atoms in total. The minimum atomic E-state index is 0.853. The lowest BCUT2D eigenvalue weighted by molar-refractivity contribution is 0.413. The van der Waals surface area contributed by atoms with Crippen molar-refractivity contribution in [1.29, 1.82) is 0 Å². The number of benzene rings is 1. The second-order valence-corrected chi connectivity index (χ2v) is 4.24. The molecule has 1 aliphatic heterocycles. The van der Waals surface area contributed by atoms with Crippen LogP contribution in [0, 0.1) is 0 Å². The molecule has 80 valence electrons. The van der Waals surface area contributed by atoms with Gasteiger partial charge in [-0.25, -0.2) is 0 Å². The summed E-state index contributed by atoms with van der Waals surface area (Å²) in [6.07, 6.45) is 2.35.